The average Bonchev–Trinajstić information content (AvgIpc) is 3.16. The van der Waals surface area contributed by atoms with E-state index in [1.807, 2.05) is 0 Å². The molecule has 0 atom stereocenters. The zero-order chi connectivity index (χ0) is 25.8. The summed E-state index contributed by atoms with van der Waals surface area (Å²) in [6.07, 6.45) is 1.57. The van der Waals surface area contributed by atoms with Crippen molar-refractivity contribution in [2.24, 2.45) is 0 Å². The van der Waals surface area contributed by atoms with Crippen LogP contribution in [0.15, 0.2) is 71.6 Å². The van der Waals surface area contributed by atoms with Gasteiger partial charge in [-0.3, -0.25) is 19.3 Å². The van der Waals surface area contributed by atoms with Gasteiger partial charge in [-0.15, -0.1) is 0 Å². The minimum atomic E-state index is -0.549. The predicted molar refractivity (Wildman–Crippen MR) is 136 cm³/mol. The standard InChI is InChI=1S/C27H21FN2O6S/c28-21-4-2-1-3-18(21)16-36-20-8-5-17(6-9-20)13-24-26(32)30(27(33)37-24)15-25(31)29-19-7-10-22-23(14-19)35-12-11-34-22/h1-10,13-14H,11-12,15-16H2,(H,29,31)/b24-13+. The lowest BCUT2D eigenvalue weighted by atomic mass is 10.2. The van der Waals surface area contributed by atoms with Gasteiger partial charge in [0.15, 0.2) is 11.5 Å². The summed E-state index contributed by atoms with van der Waals surface area (Å²) in [5.41, 5.74) is 1.58. The van der Waals surface area contributed by atoms with Crippen LogP contribution in [0.25, 0.3) is 6.08 Å². The van der Waals surface area contributed by atoms with Gasteiger partial charge in [-0.25, -0.2) is 4.39 Å². The Balaban J connectivity index is 1.18. The van der Waals surface area contributed by atoms with E-state index in [1.165, 1.54) is 6.07 Å². The lowest BCUT2D eigenvalue weighted by Crippen LogP contribution is -2.36. The largest absolute Gasteiger partial charge is 0.489 e. The van der Waals surface area contributed by atoms with Crippen LogP contribution in [0.2, 0.25) is 0 Å². The van der Waals surface area contributed by atoms with Gasteiger partial charge in [0.05, 0.1) is 4.91 Å². The van der Waals surface area contributed by atoms with Gasteiger partial charge >= 0.3 is 0 Å². The van der Waals surface area contributed by atoms with Gasteiger partial charge in [-0.1, -0.05) is 30.3 Å². The van der Waals surface area contributed by atoms with Crippen molar-refractivity contribution >= 4 is 40.6 Å². The molecule has 0 spiro atoms. The number of rotatable bonds is 7. The smallest absolute Gasteiger partial charge is 0.294 e. The molecule has 188 valence electrons. The highest BCUT2D eigenvalue weighted by molar-refractivity contribution is 8.18. The fourth-order valence-electron chi connectivity index (χ4n) is 3.69. The lowest BCUT2D eigenvalue weighted by Gasteiger charge is -2.19. The first kappa shape index (κ1) is 24.4. The minimum Gasteiger partial charge on any atom is -0.489 e. The Morgan fingerprint density at radius 2 is 1.78 bits per heavy atom. The van der Waals surface area contributed by atoms with E-state index in [4.69, 9.17) is 14.2 Å². The molecular weight excluding hydrogens is 499 g/mol. The van der Waals surface area contributed by atoms with Gasteiger partial charge in [0.25, 0.3) is 11.1 Å². The molecule has 0 saturated carbocycles. The molecule has 0 bridgehead atoms. The summed E-state index contributed by atoms with van der Waals surface area (Å²) in [4.78, 5) is 38.8. The van der Waals surface area contributed by atoms with Crippen molar-refractivity contribution in [3.63, 3.8) is 0 Å². The zero-order valence-electron chi connectivity index (χ0n) is 19.4. The number of benzene rings is 3. The molecule has 3 aromatic carbocycles. The monoisotopic (exact) mass is 520 g/mol. The topological polar surface area (TPSA) is 94.2 Å². The first-order valence-electron chi connectivity index (χ1n) is 11.4. The van der Waals surface area contributed by atoms with Crippen LogP contribution >= 0.6 is 11.8 Å². The van der Waals surface area contributed by atoms with E-state index in [-0.39, 0.29) is 17.3 Å². The Labute approximate surface area is 216 Å². The van der Waals surface area contributed by atoms with Gasteiger partial charge < -0.3 is 19.5 Å². The number of halogens is 1. The summed E-state index contributed by atoms with van der Waals surface area (Å²) in [5, 5.41) is 2.14. The quantitative estimate of drug-likeness (QED) is 0.445. The van der Waals surface area contributed by atoms with Gasteiger partial charge in [-0.2, -0.15) is 0 Å². The second kappa shape index (κ2) is 10.8. The van der Waals surface area contributed by atoms with E-state index in [9.17, 15) is 18.8 Å². The van der Waals surface area contributed by atoms with E-state index in [1.54, 1.807) is 66.7 Å². The first-order chi connectivity index (χ1) is 18.0. The molecule has 0 aliphatic carbocycles. The van der Waals surface area contributed by atoms with Crippen LogP contribution in [-0.2, 0) is 16.2 Å². The van der Waals surface area contributed by atoms with E-state index >= 15 is 0 Å². The molecule has 0 unspecified atom stereocenters. The van der Waals surface area contributed by atoms with Crippen molar-refractivity contribution in [2.75, 3.05) is 25.1 Å². The molecule has 2 aliphatic rings. The van der Waals surface area contributed by atoms with Crippen LogP contribution in [0.3, 0.4) is 0 Å². The Hall–Kier alpha value is -4.31. The maximum absolute atomic E-state index is 13.7. The number of nitrogens with one attached hydrogen (secondary N) is 1. The number of thioether (sulfide) groups is 1. The van der Waals surface area contributed by atoms with Crippen LogP contribution in [0.4, 0.5) is 14.9 Å². The summed E-state index contributed by atoms with van der Waals surface area (Å²) in [5.74, 6) is 0.231. The molecule has 2 heterocycles. The second-order valence-electron chi connectivity index (χ2n) is 8.12. The minimum absolute atomic E-state index is 0.0826. The Kier molecular flexibility index (Phi) is 7.09. The molecule has 10 heteroatoms. The van der Waals surface area contributed by atoms with Crippen molar-refractivity contribution in [1.29, 1.82) is 0 Å². The normalized spacial score (nSPS) is 15.7. The lowest BCUT2D eigenvalue weighted by molar-refractivity contribution is -0.127. The zero-order valence-corrected chi connectivity index (χ0v) is 20.3. The second-order valence-corrected chi connectivity index (χ2v) is 9.12. The van der Waals surface area contributed by atoms with Gasteiger partial charge in [0.2, 0.25) is 5.91 Å². The number of hydrogen-bond acceptors (Lipinski definition) is 7. The number of carbonyl (C=O) groups is 3. The highest BCUT2D eigenvalue weighted by Gasteiger charge is 2.36. The van der Waals surface area contributed by atoms with Crippen LogP contribution in [0.1, 0.15) is 11.1 Å². The molecule has 8 nitrogen and oxygen atoms in total. The molecule has 0 radical (unpaired) electrons. The van der Waals surface area contributed by atoms with Crippen molar-refractivity contribution in [3.05, 3.63) is 88.6 Å². The van der Waals surface area contributed by atoms with Crippen LogP contribution < -0.4 is 19.5 Å². The third-order valence-corrected chi connectivity index (χ3v) is 6.44. The first-order valence-corrected chi connectivity index (χ1v) is 12.2. The van der Waals surface area contributed by atoms with E-state index in [0.29, 0.717) is 47.3 Å². The maximum atomic E-state index is 13.7. The molecule has 37 heavy (non-hydrogen) atoms. The number of ether oxygens (including phenoxy) is 3. The molecule has 2 aliphatic heterocycles. The summed E-state index contributed by atoms with van der Waals surface area (Å²) in [7, 11) is 0. The SMILES string of the molecule is O=C(CN1C(=O)S/C(=C/c2ccc(OCc3ccccc3F)cc2)C1=O)Nc1ccc2c(c1)OCCO2. The molecule has 1 saturated heterocycles. The van der Waals surface area contributed by atoms with Crippen LogP contribution in [0, 0.1) is 5.82 Å². The Bertz CT molecular complexity index is 1390. The molecule has 0 aromatic heterocycles. The van der Waals surface area contributed by atoms with Crippen molar-refractivity contribution in [1.82, 2.24) is 4.90 Å². The molecule has 3 amide bonds. The third-order valence-electron chi connectivity index (χ3n) is 5.53. The fourth-order valence-corrected chi connectivity index (χ4v) is 4.53. The van der Waals surface area contributed by atoms with E-state index < -0.39 is 23.6 Å². The molecule has 5 rings (SSSR count). The number of fused-ring (bicyclic) bond motifs is 1. The molecule has 1 fully saturated rings. The molecule has 3 aromatic rings. The van der Waals surface area contributed by atoms with Crippen molar-refractivity contribution in [3.8, 4) is 17.2 Å². The maximum Gasteiger partial charge on any atom is 0.294 e. The van der Waals surface area contributed by atoms with Gasteiger partial charge in [0.1, 0.15) is 37.9 Å². The van der Waals surface area contributed by atoms with Crippen LogP contribution in [0.5, 0.6) is 17.2 Å². The Morgan fingerprint density at radius 1 is 1.03 bits per heavy atom. The number of anilines is 1. The predicted octanol–water partition coefficient (Wildman–Crippen LogP) is 4.85. The molecule has 1 N–H and O–H groups in total. The van der Waals surface area contributed by atoms with Gasteiger partial charge in [-0.05, 0) is 53.7 Å². The summed E-state index contributed by atoms with van der Waals surface area (Å²) < 4.78 is 30.3. The Morgan fingerprint density at radius 3 is 2.57 bits per heavy atom. The van der Waals surface area contributed by atoms with Crippen LogP contribution in [-0.4, -0.2) is 41.7 Å². The average molecular weight is 521 g/mol. The summed E-state index contributed by atoms with van der Waals surface area (Å²) in [6, 6.07) is 18.2. The van der Waals surface area contributed by atoms with Crippen molar-refractivity contribution in [2.45, 2.75) is 6.61 Å². The van der Waals surface area contributed by atoms with E-state index in [0.717, 1.165) is 16.7 Å². The van der Waals surface area contributed by atoms with E-state index in [2.05, 4.69) is 5.32 Å². The number of nitrogens with zero attached hydrogens (tertiary/aromatic N) is 1. The van der Waals surface area contributed by atoms with Gasteiger partial charge in [0, 0.05) is 17.3 Å². The van der Waals surface area contributed by atoms with Crippen molar-refractivity contribution < 1.29 is 33.0 Å². The number of carbonyl (C=O) groups excluding carboxylic acids is 3. The number of imide groups is 1. The third kappa shape index (κ3) is 5.75. The number of hydrogen-bond donors (Lipinski definition) is 1. The summed E-state index contributed by atoms with van der Waals surface area (Å²) >= 11 is 0.766. The number of amides is 3. The highest BCUT2D eigenvalue weighted by atomic mass is 32.2. The molecular formula is C27H21FN2O6S. The fraction of sp³-hybridized carbons (Fsp3) is 0.148. The summed E-state index contributed by atoms with van der Waals surface area (Å²) in [6.45, 7) is 0.536. The highest BCUT2D eigenvalue weighted by Crippen LogP contribution is 2.34.